The smallest absolute Gasteiger partial charge is 0.253 e. The van der Waals surface area contributed by atoms with E-state index in [1.165, 1.54) is 19.2 Å². The molecule has 0 heterocycles. The number of carbonyl (C=O) groups is 1. The number of halogens is 1. The van der Waals surface area contributed by atoms with Gasteiger partial charge >= 0.3 is 0 Å². The molecule has 0 fully saturated rings. The van der Waals surface area contributed by atoms with E-state index in [-0.39, 0.29) is 11.1 Å². The lowest BCUT2D eigenvalue weighted by atomic mass is 10.1. The Morgan fingerprint density at radius 3 is 2.47 bits per heavy atom. The van der Waals surface area contributed by atoms with Crippen molar-refractivity contribution in [2.45, 2.75) is 13.8 Å². The third kappa shape index (κ3) is 3.39. The summed E-state index contributed by atoms with van der Waals surface area (Å²) < 4.78 is 13.1. The summed E-state index contributed by atoms with van der Waals surface area (Å²) >= 11 is 0. The number of nitriles is 1. The van der Waals surface area contributed by atoms with Crippen LogP contribution in [0, 0.1) is 17.1 Å². The summed E-state index contributed by atoms with van der Waals surface area (Å²) in [6, 6.07) is 5.49. The Hall–Kier alpha value is -1.89. The van der Waals surface area contributed by atoms with Gasteiger partial charge in [-0.15, -0.1) is 0 Å². The highest BCUT2D eigenvalue weighted by atomic mass is 19.1. The molecule has 0 aliphatic heterocycles. The summed E-state index contributed by atoms with van der Waals surface area (Å²) in [5.74, 6) is -1.18. The molecule has 0 aliphatic carbocycles. The maximum atomic E-state index is 13.1. The first-order chi connectivity index (χ1) is 7.19. The molecule has 0 spiro atoms. The average molecular weight is 208 g/mol. The van der Waals surface area contributed by atoms with Crippen molar-refractivity contribution >= 4 is 5.91 Å². The predicted octanol–water partition coefficient (Wildman–Crippen LogP) is 2.08. The van der Waals surface area contributed by atoms with E-state index in [0.29, 0.717) is 0 Å². The fraction of sp³-hybridized carbons (Fsp3) is 0.273. The number of nitrogens with one attached hydrogen (secondary N) is 1. The number of nitrogens with zero attached hydrogens (tertiary/aromatic N) is 1. The first-order valence-electron chi connectivity index (χ1n) is 4.60. The molecule has 1 aromatic carbocycles. The topological polar surface area (TPSA) is 52.9 Å². The SMILES string of the molecule is CC.CNC(=O)c1ccc(C#N)cc1F. The molecule has 0 aliphatic rings. The highest BCUT2D eigenvalue weighted by molar-refractivity contribution is 5.94. The monoisotopic (exact) mass is 208 g/mol. The van der Waals surface area contributed by atoms with Crippen LogP contribution in [0.3, 0.4) is 0 Å². The maximum Gasteiger partial charge on any atom is 0.253 e. The van der Waals surface area contributed by atoms with Crippen molar-refractivity contribution in [1.82, 2.24) is 5.32 Å². The summed E-state index contributed by atoms with van der Waals surface area (Å²) in [6.45, 7) is 4.00. The van der Waals surface area contributed by atoms with Gasteiger partial charge in [0.1, 0.15) is 5.82 Å². The van der Waals surface area contributed by atoms with Gasteiger partial charge in [-0.25, -0.2) is 4.39 Å². The molecule has 0 unspecified atom stereocenters. The molecular formula is C11H13FN2O. The normalized spacial score (nSPS) is 8.20. The summed E-state index contributed by atoms with van der Waals surface area (Å²) in [7, 11) is 1.42. The van der Waals surface area contributed by atoms with Gasteiger partial charge in [0.15, 0.2) is 0 Å². The summed E-state index contributed by atoms with van der Waals surface area (Å²) in [4.78, 5) is 11.0. The quantitative estimate of drug-likeness (QED) is 0.768. The van der Waals surface area contributed by atoms with Crippen molar-refractivity contribution in [3.63, 3.8) is 0 Å². The van der Waals surface area contributed by atoms with Crippen molar-refractivity contribution in [1.29, 1.82) is 5.26 Å². The van der Waals surface area contributed by atoms with Gasteiger partial charge < -0.3 is 5.32 Å². The number of carbonyl (C=O) groups excluding carboxylic acids is 1. The molecule has 80 valence electrons. The van der Waals surface area contributed by atoms with Gasteiger partial charge in [-0.2, -0.15) is 5.26 Å². The van der Waals surface area contributed by atoms with Gasteiger partial charge in [0.2, 0.25) is 0 Å². The van der Waals surface area contributed by atoms with Crippen molar-refractivity contribution in [2.75, 3.05) is 7.05 Å². The predicted molar refractivity (Wildman–Crippen MR) is 55.9 cm³/mol. The molecule has 3 nitrogen and oxygen atoms in total. The summed E-state index contributed by atoms with van der Waals surface area (Å²) in [6.07, 6.45) is 0. The molecule has 15 heavy (non-hydrogen) atoms. The van der Waals surface area contributed by atoms with Crippen molar-refractivity contribution in [2.24, 2.45) is 0 Å². The van der Waals surface area contributed by atoms with Crippen molar-refractivity contribution in [3.05, 3.63) is 35.1 Å². The van der Waals surface area contributed by atoms with Crippen molar-refractivity contribution in [3.8, 4) is 6.07 Å². The van der Waals surface area contributed by atoms with Crippen LogP contribution in [0.25, 0.3) is 0 Å². The highest BCUT2D eigenvalue weighted by Gasteiger charge is 2.09. The van der Waals surface area contributed by atoms with E-state index in [9.17, 15) is 9.18 Å². The van der Waals surface area contributed by atoms with Crippen LogP contribution in [0.5, 0.6) is 0 Å². The van der Waals surface area contributed by atoms with E-state index in [0.717, 1.165) is 6.07 Å². The van der Waals surface area contributed by atoms with Gasteiger partial charge in [0.25, 0.3) is 5.91 Å². The largest absolute Gasteiger partial charge is 0.355 e. The summed E-state index contributed by atoms with van der Waals surface area (Å²) in [5.41, 5.74) is 0.145. The van der Waals surface area contributed by atoms with Crippen LogP contribution in [0.4, 0.5) is 4.39 Å². The van der Waals surface area contributed by atoms with Gasteiger partial charge in [-0.05, 0) is 18.2 Å². The second kappa shape index (κ2) is 6.55. The molecule has 0 bridgehead atoms. The first-order valence-corrected chi connectivity index (χ1v) is 4.60. The fourth-order valence-corrected chi connectivity index (χ4v) is 0.903. The minimum absolute atomic E-state index is 0.0542. The minimum atomic E-state index is -0.682. The molecule has 4 heteroatoms. The Labute approximate surface area is 88.5 Å². The average Bonchev–Trinajstić information content (AvgIpc) is 2.30. The molecular weight excluding hydrogens is 195 g/mol. The lowest BCUT2D eigenvalue weighted by Crippen LogP contribution is -2.19. The molecule has 1 amide bonds. The first kappa shape index (κ1) is 13.1. The number of rotatable bonds is 1. The molecule has 0 saturated heterocycles. The highest BCUT2D eigenvalue weighted by Crippen LogP contribution is 2.09. The van der Waals surface area contributed by atoms with E-state index in [1.54, 1.807) is 6.07 Å². The van der Waals surface area contributed by atoms with Crippen LogP contribution in [0.1, 0.15) is 29.8 Å². The van der Waals surface area contributed by atoms with E-state index >= 15 is 0 Å². The fourth-order valence-electron chi connectivity index (χ4n) is 0.903. The van der Waals surface area contributed by atoms with Gasteiger partial charge in [0.05, 0.1) is 17.2 Å². The standard InChI is InChI=1S/C9H7FN2O.C2H6/c1-12-9(13)7-3-2-6(5-11)4-8(7)10;1-2/h2-4H,1H3,(H,12,13);1-2H3. The number of benzene rings is 1. The zero-order valence-corrected chi connectivity index (χ0v) is 8.97. The second-order valence-electron chi connectivity index (χ2n) is 2.39. The lowest BCUT2D eigenvalue weighted by molar-refractivity contribution is 0.0959. The van der Waals surface area contributed by atoms with E-state index in [2.05, 4.69) is 5.32 Å². The maximum absolute atomic E-state index is 13.1. The number of hydrogen-bond donors (Lipinski definition) is 1. The Balaban J connectivity index is 0.000000921. The van der Waals surface area contributed by atoms with Gasteiger partial charge in [-0.3, -0.25) is 4.79 Å². The van der Waals surface area contributed by atoms with Crippen LogP contribution in [-0.2, 0) is 0 Å². The van der Waals surface area contributed by atoms with E-state index in [4.69, 9.17) is 5.26 Å². The van der Waals surface area contributed by atoms with Crippen LogP contribution >= 0.6 is 0 Å². The third-order valence-corrected chi connectivity index (χ3v) is 1.57. The molecule has 0 aromatic heterocycles. The van der Waals surface area contributed by atoms with Crippen LogP contribution in [-0.4, -0.2) is 13.0 Å². The van der Waals surface area contributed by atoms with Crippen LogP contribution in [0.2, 0.25) is 0 Å². The third-order valence-electron chi connectivity index (χ3n) is 1.57. The summed E-state index contributed by atoms with van der Waals surface area (Å²) in [5, 5.41) is 10.7. The molecule has 1 N–H and O–H groups in total. The Kier molecular flexibility index (Phi) is 5.72. The van der Waals surface area contributed by atoms with E-state index in [1.807, 2.05) is 13.8 Å². The molecule has 0 radical (unpaired) electrons. The Morgan fingerprint density at radius 2 is 2.07 bits per heavy atom. The number of hydrogen-bond acceptors (Lipinski definition) is 2. The molecule has 0 saturated carbocycles. The molecule has 1 rings (SSSR count). The van der Waals surface area contributed by atoms with Crippen molar-refractivity contribution < 1.29 is 9.18 Å². The van der Waals surface area contributed by atoms with Crippen LogP contribution < -0.4 is 5.32 Å². The zero-order chi connectivity index (χ0) is 11.8. The number of amides is 1. The van der Waals surface area contributed by atoms with Gasteiger partial charge in [-0.1, -0.05) is 13.8 Å². The van der Waals surface area contributed by atoms with Gasteiger partial charge in [0, 0.05) is 7.05 Å². The second-order valence-corrected chi connectivity index (χ2v) is 2.39. The Bertz CT molecular complexity index is 383. The van der Waals surface area contributed by atoms with E-state index < -0.39 is 11.7 Å². The minimum Gasteiger partial charge on any atom is -0.355 e. The Morgan fingerprint density at radius 1 is 1.47 bits per heavy atom. The zero-order valence-electron chi connectivity index (χ0n) is 8.97. The van der Waals surface area contributed by atoms with Crippen LogP contribution in [0.15, 0.2) is 18.2 Å². The lowest BCUT2D eigenvalue weighted by Gasteiger charge is -2.00. The molecule has 1 aromatic rings. The molecule has 0 atom stereocenters.